The molecule has 0 atom stereocenters. The number of rotatable bonds is 5. The molecule has 0 fully saturated rings. The number of ether oxygens (including phenoxy) is 2. The Balaban J connectivity index is 2.01. The normalized spacial score (nSPS) is 11.1. The van der Waals surface area contributed by atoms with Gasteiger partial charge in [0.15, 0.2) is 5.69 Å². The average Bonchev–Trinajstić information content (AvgIpc) is 2.66. The Morgan fingerprint density at radius 2 is 1.61 bits per heavy atom. The monoisotopic (exact) mass is 378 g/mol. The van der Waals surface area contributed by atoms with Crippen molar-refractivity contribution in [2.45, 2.75) is 33.0 Å². The number of carbonyl (C=O) groups excluding carboxylic acids is 1. The third-order valence-corrected chi connectivity index (χ3v) is 3.74. The molecule has 144 valence electrons. The van der Waals surface area contributed by atoms with Crippen LogP contribution in [-0.4, -0.2) is 21.5 Å². The number of hydrogen-bond acceptors (Lipinski definition) is 5. The van der Waals surface area contributed by atoms with Crippen molar-refractivity contribution in [2.75, 3.05) is 0 Å². The largest absolute Gasteiger partial charge is 0.481 e. The third-order valence-electron chi connectivity index (χ3n) is 3.74. The van der Waals surface area contributed by atoms with E-state index in [1.54, 1.807) is 32.9 Å². The zero-order valence-corrected chi connectivity index (χ0v) is 16.1. The summed E-state index contributed by atoms with van der Waals surface area (Å²) in [5.41, 5.74) is 0.132. The van der Waals surface area contributed by atoms with Crippen LogP contribution in [0.2, 0.25) is 0 Å². The summed E-state index contributed by atoms with van der Waals surface area (Å²) in [4.78, 5) is 32.4. The smallest absolute Gasteiger partial charge is 0.361 e. The molecule has 6 heteroatoms. The van der Waals surface area contributed by atoms with Gasteiger partial charge in [-0.15, -0.1) is 0 Å². The second kappa shape index (κ2) is 8.08. The van der Waals surface area contributed by atoms with Crippen LogP contribution >= 0.6 is 0 Å². The van der Waals surface area contributed by atoms with Gasteiger partial charge < -0.3 is 14.5 Å². The van der Waals surface area contributed by atoms with Gasteiger partial charge in [-0.05, 0) is 26.3 Å². The molecule has 0 spiro atoms. The maximum absolute atomic E-state index is 12.7. The van der Waals surface area contributed by atoms with E-state index in [0.29, 0.717) is 5.56 Å². The summed E-state index contributed by atoms with van der Waals surface area (Å²) in [7, 11) is 0. The molecule has 0 aliphatic heterocycles. The van der Waals surface area contributed by atoms with Crippen molar-refractivity contribution in [1.82, 2.24) is 9.97 Å². The molecule has 6 nitrogen and oxygen atoms in total. The van der Waals surface area contributed by atoms with Crippen LogP contribution in [0.3, 0.4) is 0 Å². The number of benzene rings is 2. The Bertz CT molecular complexity index is 1010. The van der Waals surface area contributed by atoms with Crippen LogP contribution in [0.1, 0.15) is 36.8 Å². The molecule has 0 amide bonds. The number of aromatic nitrogens is 2. The first-order valence-electron chi connectivity index (χ1n) is 8.93. The number of carbonyl (C=O) groups is 1. The van der Waals surface area contributed by atoms with Crippen molar-refractivity contribution in [3.63, 3.8) is 0 Å². The molecule has 0 aliphatic rings. The Morgan fingerprint density at radius 1 is 1.00 bits per heavy atom. The third kappa shape index (κ3) is 4.85. The lowest BCUT2D eigenvalue weighted by Gasteiger charge is -2.20. The predicted octanol–water partition coefficient (Wildman–Crippen LogP) is 3.97. The van der Waals surface area contributed by atoms with Gasteiger partial charge in [0.2, 0.25) is 5.75 Å². The van der Waals surface area contributed by atoms with E-state index in [9.17, 15) is 9.59 Å². The fraction of sp³-hybridized carbons (Fsp3) is 0.227. The highest BCUT2D eigenvalue weighted by Crippen LogP contribution is 2.21. The Kier molecular flexibility index (Phi) is 5.59. The van der Waals surface area contributed by atoms with Crippen molar-refractivity contribution in [1.29, 1.82) is 0 Å². The Labute approximate surface area is 163 Å². The molecule has 0 aliphatic carbocycles. The van der Waals surface area contributed by atoms with Gasteiger partial charge in [-0.25, -0.2) is 9.78 Å². The summed E-state index contributed by atoms with van der Waals surface area (Å²) in [6, 6.07) is 18.4. The minimum atomic E-state index is -0.731. The van der Waals surface area contributed by atoms with Gasteiger partial charge in [-0.3, -0.25) is 4.79 Å². The quantitative estimate of drug-likeness (QED) is 0.680. The van der Waals surface area contributed by atoms with Crippen LogP contribution in [0.5, 0.6) is 5.75 Å². The van der Waals surface area contributed by atoms with Crippen molar-refractivity contribution >= 4 is 5.97 Å². The molecule has 1 aromatic heterocycles. The van der Waals surface area contributed by atoms with E-state index in [4.69, 9.17) is 9.47 Å². The first-order valence-corrected chi connectivity index (χ1v) is 8.93. The predicted molar refractivity (Wildman–Crippen MR) is 106 cm³/mol. The van der Waals surface area contributed by atoms with Crippen LogP contribution in [0.25, 0.3) is 11.4 Å². The minimum absolute atomic E-state index is 0.131. The summed E-state index contributed by atoms with van der Waals surface area (Å²) in [6.45, 7) is 5.38. The highest BCUT2D eigenvalue weighted by molar-refractivity contribution is 5.91. The van der Waals surface area contributed by atoms with Crippen LogP contribution < -0.4 is 10.3 Å². The molecular formula is C22H22N2O4. The summed E-state index contributed by atoms with van der Waals surface area (Å²) in [6.07, 6.45) is 0. The van der Waals surface area contributed by atoms with E-state index in [1.807, 2.05) is 48.5 Å². The van der Waals surface area contributed by atoms with Gasteiger partial charge in [0.1, 0.15) is 18.0 Å². The van der Waals surface area contributed by atoms with E-state index in [-0.39, 0.29) is 23.9 Å². The van der Waals surface area contributed by atoms with Gasteiger partial charge in [0.05, 0.1) is 0 Å². The number of nitrogens with zero attached hydrogens (tertiary/aromatic N) is 1. The Hall–Kier alpha value is -3.41. The first kappa shape index (κ1) is 19.4. The van der Waals surface area contributed by atoms with Gasteiger partial charge in [-0.2, -0.15) is 0 Å². The van der Waals surface area contributed by atoms with Crippen LogP contribution in [-0.2, 0) is 11.3 Å². The van der Waals surface area contributed by atoms with Gasteiger partial charge in [-0.1, -0.05) is 60.7 Å². The maximum Gasteiger partial charge on any atom is 0.361 e. The van der Waals surface area contributed by atoms with Crippen LogP contribution in [0.4, 0.5) is 0 Å². The van der Waals surface area contributed by atoms with Crippen molar-refractivity contribution < 1.29 is 14.3 Å². The number of esters is 1. The molecule has 0 saturated carbocycles. The number of hydrogen-bond donors (Lipinski definition) is 1. The van der Waals surface area contributed by atoms with Gasteiger partial charge in [0, 0.05) is 5.56 Å². The average molecular weight is 378 g/mol. The minimum Gasteiger partial charge on any atom is -0.481 e. The van der Waals surface area contributed by atoms with Gasteiger partial charge in [0.25, 0.3) is 5.56 Å². The summed E-state index contributed by atoms with van der Waals surface area (Å²) in [5.74, 6) is -0.588. The molecule has 3 rings (SSSR count). The molecule has 1 N–H and O–H groups in total. The first-order chi connectivity index (χ1) is 13.3. The molecule has 28 heavy (non-hydrogen) atoms. The van der Waals surface area contributed by atoms with E-state index < -0.39 is 17.1 Å². The van der Waals surface area contributed by atoms with E-state index in [1.165, 1.54) is 0 Å². The Morgan fingerprint density at radius 3 is 2.21 bits per heavy atom. The molecule has 0 unspecified atom stereocenters. The zero-order chi connectivity index (χ0) is 20.1. The van der Waals surface area contributed by atoms with Crippen molar-refractivity contribution in [3.8, 4) is 17.1 Å². The molecule has 0 bridgehead atoms. The highest BCUT2D eigenvalue weighted by Gasteiger charge is 2.26. The van der Waals surface area contributed by atoms with Crippen LogP contribution in [0, 0.1) is 0 Å². The SMILES string of the molecule is CC(C)(C)OC(=O)c1nc(-c2ccccc2)[nH]c(=O)c1OCc1ccccc1. The summed E-state index contributed by atoms with van der Waals surface area (Å²) < 4.78 is 11.1. The van der Waals surface area contributed by atoms with E-state index >= 15 is 0 Å². The second-order valence-corrected chi connectivity index (χ2v) is 7.23. The van der Waals surface area contributed by atoms with Crippen molar-refractivity contribution in [3.05, 3.63) is 82.3 Å². The lowest BCUT2D eigenvalue weighted by atomic mass is 10.2. The van der Waals surface area contributed by atoms with E-state index in [0.717, 1.165) is 5.56 Å². The molecular weight excluding hydrogens is 356 g/mol. The molecule has 3 aromatic rings. The number of H-pyrrole nitrogens is 1. The lowest BCUT2D eigenvalue weighted by molar-refractivity contribution is 0.00578. The summed E-state index contributed by atoms with van der Waals surface area (Å²) >= 11 is 0. The maximum atomic E-state index is 12.7. The topological polar surface area (TPSA) is 81.3 Å². The molecule has 1 heterocycles. The zero-order valence-electron chi connectivity index (χ0n) is 16.1. The molecule has 0 saturated heterocycles. The fourth-order valence-electron chi connectivity index (χ4n) is 2.52. The number of aromatic amines is 1. The second-order valence-electron chi connectivity index (χ2n) is 7.23. The van der Waals surface area contributed by atoms with Crippen molar-refractivity contribution in [2.24, 2.45) is 0 Å². The number of nitrogens with one attached hydrogen (secondary N) is 1. The highest BCUT2D eigenvalue weighted by atomic mass is 16.6. The summed E-state index contributed by atoms with van der Waals surface area (Å²) in [5, 5.41) is 0. The van der Waals surface area contributed by atoms with E-state index in [2.05, 4.69) is 9.97 Å². The van der Waals surface area contributed by atoms with Gasteiger partial charge >= 0.3 is 5.97 Å². The molecule has 2 aromatic carbocycles. The standard InChI is InChI=1S/C22H22N2O4/c1-22(2,3)28-21(26)17-18(27-14-15-10-6-4-7-11-15)20(25)24-19(23-17)16-12-8-5-9-13-16/h4-13H,14H2,1-3H3,(H,23,24,25). The fourth-order valence-corrected chi connectivity index (χ4v) is 2.52. The molecule has 0 radical (unpaired) electrons. The van der Waals surface area contributed by atoms with Crippen LogP contribution in [0.15, 0.2) is 65.5 Å². The lowest BCUT2D eigenvalue weighted by Crippen LogP contribution is -2.27.